The zero-order valence-corrected chi connectivity index (χ0v) is 13.5. The van der Waals surface area contributed by atoms with Crippen LogP contribution >= 0.6 is 0 Å². The number of carbonyl (C=O) groups excluding carboxylic acids is 1. The second kappa shape index (κ2) is 8.65. The Morgan fingerprint density at radius 2 is 2.09 bits per heavy atom. The van der Waals surface area contributed by atoms with Crippen LogP contribution in [0.2, 0.25) is 0 Å². The van der Waals surface area contributed by atoms with E-state index in [1.807, 2.05) is 37.3 Å². The van der Waals surface area contributed by atoms with Crippen molar-refractivity contribution in [2.24, 2.45) is 0 Å². The molecule has 4 atom stereocenters. The van der Waals surface area contributed by atoms with Crippen molar-refractivity contribution in [1.29, 1.82) is 0 Å². The maximum atomic E-state index is 11.4. The van der Waals surface area contributed by atoms with E-state index in [0.717, 1.165) is 12.0 Å². The molecule has 1 fully saturated rings. The van der Waals surface area contributed by atoms with Crippen LogP contribution in [0.25, 0.3) is 0 Å². The molecule has 0 radical (unpaired) electrons. The summed E-state index contributed by atoms with van der Waals surface area (Å²) in [6, 6.07) is 9.85. The second-order valence-electron chi connectivity index (χ2n) is 5.71. The zero-order chi connectivity index (χ0) is 16.7. The number of rotatable bonds is 7. The molecule has 23 heavy (non-hydrogen) atoms. The molecule has 0 unspecified atom stereocenters. The highest BCUT2D eigenvalue weighted by Crippen LogP contribution is 2.32. The molecular weight excluding hydrogens is 292 g/mol. The molecule has 2 rings (SSSR count). The summed E-state index contributed by atoms with van der Waals surface area (Å²) in [5, 5.41) is 0. The summed E-state index contributed by atoms with van der Waals surface area (Å²) in [6.07, 6.45) is 4.30. The number of hydrogen-bond acceptors (Lipinski definition) is 4. The molecule has 0 saturated carbocycles. The largest absolute Gasteiger partial charge is 0.459 e. The number of ether oxygens (including phenoxy) is 3. The molecular formula is C19H24O4. The molecule has 0 amide bonds. The molecule has 4 heteroatoms. The average molecular weight is 316 g/mol. The van der Waals surface area contributed by atoms with Gasteiger partial charge in [0.15, 0.2) is 6.29 Å². The molecule has 1 aliphatic heterocycles. The molecule has 0 bridgehead atoms. The van der Waals surface area contributed by atoms with E-state index in [1.165, 1.54) is 6.08 Å². The summed E-state index contributed by atoms with van der Waals surface area (Å²) in [5.74, 6) is -0.420. The van der Waals surface area contributed by atoms with Gasteiger partial charge in [0, 0.05) is 24.5 Å². The lowest BCUT2D eigenvalue weighted by Crippen LogP contribution is -2.35. The Labute approximate surface area is 137 Å². The monoisotopic (exact) mass is 316 g/mol. The van der Waals surface area contributed by atoms with E-state index in [2.05, 4.69) is 13.2 Å². The average Bonchev–Trinajstić information content (AvgIpc) is 2.55. The molecule has 124 valence electrons. The number of benzene rings is 1. The maximum Gasteiger partial charge on any atom is 0.330 e. The number of esters is 1. The van der Waals surface area contributed by atoms with E-state index >= 15 is 0 Å². The number of carbonyl (C=O) groups is 1. The first-order valence-electron chi connectivity index (χ1n) is 7.92. The van der Waals surface area contributed by atoms with Crippen LogP contribution in [0, 0.1) is 0 Å². The van der Waals surface area contributed by atoms with E-state index in [1.54, 1.807) is 6.08 Å². The standard InChI is InChI=1S/C19H24O4/c1-4-9-16(22-18(20)5-2)13-17-12-14(3)21-19(23-17)15-10-7-6-8-11-15/h4-8,10-11,14,16-17,19H,1-2,9,12-13H2,3H3/t14-,16+,17-,19-/m0/s1. The van der Waals surface area contributed by atoms with Gasteiger partial charge in [-0.2, -0.15) is 0 Å². The smallest absolute Gasteiger partial charge is 0.330 e. The summed E-state index contributed by atoms with van der Waals surface area (Å²) < 4.78 is 17.3. The molecule has 0 spiro atoms. The van der Waals surface area contributed by atoms with Gasteiger partial charge in [-0.05, 0) is 13.3 Å². The third-order valence-electron chi connectivity index (χ3n) is 3.74. The van der Waals surface area contributed by atoms with Crippen molar-refractivity contribution in [3.05, 3.63) is 61.2 Å². The summed E-state index contributed by atoms with van der Waals surface area (Å²) in [6.45, 7) is 9.19. The Morgan fingerprint density at radius 1 is 1.35 bits per heavy atom. The van der Waals surface area contributed by atoms with Gasteiger partial charge in [-0.3, -0.25) is 0 Å². The lowest BCUT2D eigenvalue weighted by Gasteiger charge is -2.35. The minimum Gasteiger partial charge on any atom is -0.459 e. The summed E-state index contributed by atoms with van der Waals surface area (Å²) in [7, 11) is 0. The van der Waals surface area contributed by atoms with E-state index in [0.29, 0.717) is 12.8 Å². The van der Waals surface area contributed by atoms with Crippen molar-refractivity contribution < 1.29 is 19.0 Å². The Morgan fingerprint density at radius 3 is 2.74 bits per heavy atom. The SMILES string of the molecule is C=CC[C@H](C[C@@H]1C[C@H](C)O[C@H](c2ccccc2)O1)OC(=O)C=C. The van der Waals surface area contributed by atoms with Gasteiger partial charge in [-0.15, -0.1) is 6.58 Å². The Bertz CT molecular complexity index is 525. The third-order valence-corrected chi connectivity index (χ3v) is 3.74. The summed E-state index contributed by atoms with van der Waals surface area (Å²) >= 11 is 0. The van der Waals surface area contributed by atoms with Crippen LogP contribution in [0.1, 0.15) is 38.0 Å². The maximum absolute atomic E-state index is 11.4. The van der Waals surface area contributed by atoms with Crippen molar-refractivity contribution in [3.8, 4) is 0 Å². The van der Waals surface area contributed by atoms with Gasteiger partial charge in [0.1, 0.15) is 6.10 Å². The van der Waals surface area contributed by atoms with Crippen LogP contribution in [0.3, 0.4) is 0 Å². The Hall–Kier alpha value is -1.91. The van der Waals surface area contributed by atoms with Crippen molar-refractivity contribution in [2.75, 3.05) is 0 Å². The van der Waals surface area contributed by atoms with Gasteiger partial charge in [0.2, 0.25) is 0 Å². The third kappa shape index (κ3) is 5.34. The first kappa shape index (κ1) is 17.4. The van der Waals surface area contributed by atoms with Crippen molar-refractivity contribution in [2.45, 2.75) is 50.8 Å². The molecule has 1 aliphatic rings. The van der Waals surface area contributed by atoms with E-state index in [9.17, 15) is 4.79 Å². The van der Waals surface area contributed by atoms with Crippen molar-refractivity contribution >= 4 is 5.97 Å². The molecule has 0 aliphatic carbocycles. The normalized spacial score (nSPS) is 25.3. The molecule has 0 aromatic heterocycles. The van der Waals surface area contributed by atoms with Gasteiger partial charge in [0.05, 0.1) is 12.2 Å². The van der Waals surface area contributed by atoms with Gasteiger partial charge in [-0.1, -0.05) is 43.0 Å². The topological polar surface area (TPSA) is 44.8 Å². The predicted molar refractivity (Wildman–Crippen MR) is 88.7 cm³/mol. The molecule has 1 saturated heterocycles. The molecule has 4 nitrogen and oxygen atoms in total. The van der Waals surface area contributed by atoms with Crippen molar-refractivity contribution in [1.82, 2.24) is 0 Å². The predicted octanol–water partition coefficient (Wildman–Crippen LogP) is 3.94. The fourth-order valence-corrected chi connectivity index (χ4v) is 2.70. The second-order valence-corrected chi connectivity index (χ2v) is 5.71. The quantitative estimate of drug-likeness (QED) is 0.434. The van der Waals surface area contributed by atoms with Crippen LogP contribution in [0.4, 0.5) is 0 Å². The minimum absolute atomic E-state index is 0.0356. The lowest BCUT2D eigenvalue weighted by atomic mass is 10.0. The van der Waals surface area contributed by atoms with Gasteiger partial charge >= 0.3 is 5.97 Å². The molecule has 1 aromatic rings. The van der Waals surface area contributed by atoms with Crippen LogP contribution in [-0.4, -0.2) is 24.3 Å². The zero-order valence-electron chi connectivity index (χ0n) is 13.5. The fourth-order valence-electron chi connectivity index (χ4n) is 2.70. The first-order valence-corrected chi connectivity index (χ1v) is 7.92. The number of hydrogen-bond donors (Lipinski definition) is 0. The highest BCUT2D eigenvalue weighted by atomic mass is 16.7. The van der Waals surface area contributed by atoms with E-state index < -0.39 is 5.97 Å². The molecule has 1 heterocycles. The van der Waals surface area contributed by atoms with Crippen LogP contribution in [0.15, 0.2) is 55.6 Å². The molecule has 1 aromatic carbocycles. The summed E-state index contributed by atoms with van der Waals surface area (Å²) in [4.78, 5) is 11.4. The minimum atomic E-state index is -0.420. The molecule has 0 N–H and O–H groups in total. The summed E-state index contributed by atoms with van der Waals surface area (Å²) in [5.41, 5.74) is 0.993. The lowest BCUT2D eigenvalue weighted by molar-refractivity contribution is -0.248. The first-order chi connectivity index (χ1) is 11.1. The van der Waals surface area contributed by atoms with E-state index in [4.69, 9.17) is 14.2 Å². The Balaban J connectivity index is 2.01. The van der Waals surface area contributed by atoms with Crippen LogP contribution < -0.4 is 0 Å². The van der Waals surface area contributed by atoms with E-state index in [-0.39, 0.29) is 24.6 Å². The van der Waals surface area contributed by atoms with Crippen molar-refractivity contribution in [3.63, 3.8) is 0 Å². The van der Waals surface area contributed by atoms with Gasteiger partial charge in [0.25, 0.3) is 0 Å². The van der Waals surface area contributed by atoms with Gasteiger partial charge in [-0.25, -0.2) is 4.79 Å². The highest BCUT2D eigenvalue weighted by Gasteiger charge is 2.31. The fraction of sp³-hybridized carbons (Fsp3) is 0.421. The Kier molecular flexibility index (Phi) is 6.56. The van der Waals surface area contributed by atoms with Crippen LogP contribution in [-0.2, 0) is 19.0 Å². The van der Waals surface area contributed by atoms with Gasteiger partial charge < -0.3 is 14.2 Å². The highest BCUT2D eigenvalue weighted by molar-refractivity contribution is 5.81. The van der Waals surface area contributed by atoms with Crippen LogP contribution in [0.5, 0.6) is 0 Å².